The van der Waals surface area contributed by atoms with Gasteiger partial charge in [0.15, 0.2) is 17.3 Å². The first-order chi connectivity index (χ1) is 38.0. The quantitative estimate of drug-likeness (QED) is 0.0359. The van der Waals surface area contributed by atoms with E-state index in [0.717, 1.165) is 6.07 Å². The molecular formula is C55H70N12O13. The second-order valence-electron chi connectivity index (χ2n) is 22.0. The molecule has 0 unspecified atom stereocenters. The number of carbonyl (C=O) groups is 7. The Labute approximate surface area is 460 Å². The number of aromatic hydroxyl groups is 1. The number of nitrogens with two attached hydrogens (primary N) is 5. The molecule has 25 heteroatoms. The highest BCUT2D eigenvalue weighted by Crippen LogP contribution is 2.42. The molecule has 25 nitrogen and oxygen atoms in total. The van der Waals surface area contributed by atoms with Gasteiger partial charge in [0, 0.05) is 99.5 Å². The number of phenolic OH excluding ortho intramolecular Hbond substituents is 1. The maximum Gasteiger partial charge on any atom is 0.336 e. The summed E-state index contributed by atoms with van der Waals surface area (Å²) in [4.78, 5) is 126. The standard InChI is InChI=1S/C55H70N12O13/c1-27(2)25-78-34-16-40(48(56)71)67(24-34)51(74)42-12-30(19-63-55(59)60)21-65(42)50(73)41-11-29(18-62-54(57)58)22-66(41)52(75)43-17-35(79-26-28(3)4)23-64(43)46(70)20-61-49(72)31-5-8-36(39(13-31)53(76)77)47-37-9-6-32(68)14-44(37)80-45-15-33(69)7-10-38(45)47/h5-10,13-15,27-30,34-35,40-43,68H,11-12,16-26H2,1-4H3,(H2,56,71)(H,61,72)(H,76,77)(H4,57,58,62)(H4,59,60,63)/t29-,30-,34+,35+,40-,41-,42-,43-/m0/s1. The lowest BCUT2D eigenvalue weighted by Crippen LogP contribution is -2.57. The molecular weight excluding hydrogens is 1040 g/mol. The Bertz CT molecular complexity index is 3140. The number of rotatable bonds is 19. The molecule has 13 N–H and O–H groups in total. The molecule has 8 atom stereocenters. The first-order valence-electron chi connectivity index (χ1n) is 26.7. The van der Waals surface area contributed by atoms with E-state index in [4.69, 9.17) is 42.6 Å². The molecule has 0 spiro atoms. The van der Waals surface area contributed by atoms with Crippen molar-refractivity contribution in [2.75, 3.05) is 59.0 Å². The van der Waals surface area contributed by atoms with E-state index in [-0.39, 0.29) is 128 Å². The molecule has 2 aromatic rings. The summed E-state index contributed by atoms with van der Waals surface area (Å²) in [6.45, 7) is 8.03. The second-order valence-corrected chi connectivity index (χ2v) is 22.0. The van der Waals surface area contributed by atoms with E-state index >= 15 is 9.59 Å². The molecule has 6 aliphatic rings. The van der Waals surface area contributed by atoms with Gasteiger partial charge in [-0.25, -0.2) is 4.79 Å². The van der Waals surface area contributed by atoms with Crippen molar-refractivity contribution in [3.8, 4) is 28.2 Å². The van der Waals surface area contributed by atoms with E-state index in [2.05, 4.69) is 15.3 Å². The number of phenols is 1. The Kier molecular flexibility index (Phi) is 17.6. The van der Waals surface area contributed by atoms with Gasteiger partial charge in [0.1, 0.15) is 41.3 Å². The summed E-state index contributed by atoms with van der Waals surface area (Å²) >= 11 is 0. The van der Waals surface area contributed by atoms with E-state index in [9.17, 15) is 39.0 Å². The Hall–Kier alpha value is -8.32. The zero-order valence-electron chi connectivity index (χ0n) is 45.1. The van der Waals surface area contributed by atoms with Crippen molar-refractivity contribution in [3.63, 3.8) is 0 Å². The maximum atomic E-state index is 15.3. The van der Waals surface area contributed by atoms with Crippen molar-refractivity contribution >= 4 is 64.3 Å². The zero-order chi connectivity index (χ0) is 57.9. The number of guanidine groups is 2. The summed E-state index contributed by atoms with van der Waals surface area (Å²) < 4.78 is 18.2. The van der Waals surface area contributed by atoms with E-state index in [0.29, 0.717) is 29.7 Å². The first kappa shape index (κ1) is 57.8. The molecule has 5 heterocycles. The number of nitrogens with zero attached hydrogens (tertiary/aromatic N) is 6. The molecule has 1 aliphatic carbocycles. The molecule has 4 saturated heterocycles. The number of hydrogen-bond acceptors (Lipinski definition) is 14. The van der Waals surface area contributed by atoms with Crippen LogP contribution in [0, 0.1) is 23.7 Å². The number of likely N-dealkylation sites (tertiary alicyclic amines) is 4. The fraction of sp³-hybridized carbons (Fsp3) is 0.491. The summed E-state index contributed by atoms with van der Waals surface area (Å²) in [6.07, 6.45) is -0.700. The van der Waals surface area contributed by atoms with E-state index in [1.165, 1.54) is 62.1 Å². The minimum absolute atomic E-state index is 0.0131. The number of carboxylic acid groups (broad SMARTS) is 1. The summed E-state index contributed by atoms with van der Waals surface area (Å²) in [5.41, 5.74) is 29.1. The number of amides is 6. The molecule has 428 valence electrons. The number of carboxylic acids is 1. The van der Waals surface area contributed by atoms with Crippen LogP contribution in [0.25, 0.3) is 33.4 Å². The van der Waals surface area contributed by atoms with Crippen LogP contribution in [-0.4, -0.2) is 179 Å². The Morgan fingerprint density at radius 2 is 1.19 bits per heavy atom. The Morgan fingerprint density at radius 1 is 0.662 bits per heavy atom. The lowest BCUT2D eigenvalue weighted by atomic mass is 9.90. The number of fused-ring (bicyclic) bond motifs is 2. The normalized spacial score (nSPS) is 22.8. The average Bonchev–Trinajstić information content (AvgIpc) is 4.38. The molecule has 6 amide bonds. The van der Waals surface area contributed by atoms with Gasteiger partial charge >= 0.3 is 5.97 Å². The Morgan fingerprint density at radius 3 is 1.73 bits per heavy atom. The van der Waals surface area contributed by atoms with Crippen molar-refractivity contribution < 1.29 is 57.7 Å². The van der Waals surface area contributed by atoms with Gasteiger partial charge in [-0.05, 0) is 78.5 Å². The number of aliphatic imine (C=N–C) groups is 2. The van der Waals surface area contributed by atoms with Crippen molar-refractivity contribution in [2.24, 2.45) is 62.3 Å². The second kappa shape index (κ2) is 24.4. The van der Waals surface area contributed by atoms with Crippen LogP contribution in [0.3, 0.4) is 0 Å². The smallest absolute Gasteiger partial charge is 0.336 e. The van der Waals surface area contributed by atoms with Crippen molar-refractivity contribution in [1.29, 1.82) is 0 Å². The molecule has 5 aliphatic heterocycles. The van der Waals surface area contributed by atoms with Crippen molar-refractivity contribution in [2.45, 2.75) is 89.8 Å². The number of benzene rings is 3. The third-order valence-corrected chi connectivity index (χ3v) is 14.9. The fourth-order valence-corrected chi connectivity index (χ4v) is 11.2. The minimum atomic E-state index is -1.39. The number of carbonyl (C=O) groups excluding carboxylic acids is 6. The largest absolute Gasteiger partial charge is 0.508 e. The monoisotopic (exact) mass is 1110 g/mol. The lowest BCUT2D eigenvalue weighted by Gasteiger charge is -2.35. The Balaban J connectivity index is 1.05. The number of primary amides is 1. The zero-order valence-corrected chi connectivity index (χ0v) is 45.1. The fourth-order valence-electron chi connectivity index (χ4n) is 11.2. The van der Waals surface area contributed by atoms with Crippen LogP contribution in [0.1, 0.15) is 74.1 Å². The van der Waals surface area contributed by atoms with Crippen LogP contribution in [0.2, 0.25) is 0 Å². The lowest BCUT2D eigenvalue weighted by molar-refractivity contribution is -0.152. The third kappa shape index (κ3) is 12.9. The van der Waals surface area contributed by atoms with Gasteiger partial charge < -0.3 is 77.7 Å². The molecule has 4 fully saturated rings. The number of ether oxygens (including phenoxy) is 2. The molecule has 0 saturated carbocycles. The van der Waals surface area contributed by atoms with E-state index in [1.807, 2.05) is 27.7 Å². The molecule has 8 rings (SSSR count). The van der Waals surface area contributed by atoms with Crippen molar-refractivity contribution in [1.82, 2.24) is 24.9 Å². The SMILES string of the molecule is CC(C)CO[C@@H]1C[C@@H](C(=O)N2C[C@H](CN=C(N)N)C[C@H]2C(=O)N2C[C@H](CN=C(N)N)C[C@H]2C(=O)N2C[C@H](OCC(C)C)C[C@H]2C(N)=O)N(C(=O)CNC(=O)c2ccc(-c3c4ccc(=O)cc-4oc4cc(O)ccc34)c(C(=O)O)c2)C1. The summed E-state index contributed by atoms with van der Waals surface area (Å²) in [6, 6.07) is 7.82. The first-order valence-corrected chi connectivity index (χ1v) is 26.7. The molecule has 0 radical (unpaired) electrons. The van der Waals surface area contributed by atoms with Gasteiger partial charge in [-0.2, -0.15) is 0 Å². The van der Waals surface area contributed by atoms with Gasteiger partial charge in [0.05, 0.1) is 24.3 Å². The summed E-state index contributed by atoms with van der Waals surface area (Å²) in [5, 5.41) is 23.8. The third-order valence-electron chi connectivity index (χ3n) is 14.9. The molecule has 0 bridgehead atoms. The highest BCUT2D eigenvalue weighted by molar-refractivity contribution is 6.09. The van der Waals surface area contributed by atoms with Gasteiger partial charge in [-0.3, -0.25) is 43.5 Å². The highest BCUT2D eigenvalue weighted by atomic mass is 16.5. The van der Waals surface area contributed by atoms with Crippen LogP contribution < -0.4 is 39.4 Å². The van der Waals surface area contributed by atoms with E-state index < -0.39 is 96.2 Å². The predicted molar refractivity (Wildman–Crippen MR) is 293 cm³/mol. The van der Waals surface area contributed by atoms with Crippen molar-refractivity contribution in [3.05, 3.63) is 75.9 Å². The maximum absolute atomic E-state index is 15.3. The summed E-state index contributed by atoms with van der Waals surface area (Å²) in [5.74, 6) is -6.26. The van der Waals surface area contributed by atoms with Crippen LogP contribution >= 0.6 is 0 Å². The minimum Gasteiger partial charge on any atom is -0.508 e. The topological polar surface area (TPSA) is 388 Å². The van der Waals surface area contributed by atoms with Gasteiger partial charge in [0.2, 0.25) is 29.5 Å². The van der Waals surface area contributed by atoms with Gasteiger partial charge in [-0.15, -0.1) is 0 Å². The number of nitrogens with one attached hydrogen (secondary N) is 1. The predicted octanol–water partition coefficient (Wildman–Crippen LogP) is 0.449. The number of hydrogen-bond donors (Lipinski definition) is 8. The van der Waals surface area contributed by atoms with E-state index in [1.54, 1.807) is 6.07 Å². The summed E-state index contributed by atoms with van der Waals surface area (Å²) in [7, 11) is 0. The van der Waals surface area contributed by atoms with Crippen LogP contribution in [0.5, 0.6) is 5.75 Å². The van der Waals surface area contributed by atoms with Gasteiger partial charge in [0.25, 0.3) is 5.91 Å². The number of aromatic carboxylic acids is 1. The highest BCUT2D eigenvalue weighted by Gasteiger charge is 2.52. The van der Waals surface area contributed by atoms with Crippen LogP contribution in [-0.2, 0) is 33.4 Å². The molecule has 80 heavy (non-hydrogen) atoms. The van der Waals surface area contributed by atoms with Crippen LogP contribution in [0.15, 0.2) is 73.8 Å². The van der Waals surface area contributed by atoms with Crippen LogP contribution in [0.4, 0.5) is 0 Å². The molecule has 2 aromatic carbocycles. The molecule has 0 aromatic heterocycles. The average molecular weight is 1110 g/mol. The van der Waals surface area contributed by atoms with Gasteiger partial charge in [-0.1, -0.05) is 33.8 Å².